The molecule has 1 heterocycles. The van der Waals surface area contributed by atoms with Gasteiger partial charge in [0.2, 0.25) is 0 Å². The number of Topliss-reactive ketones (excluding diaryl/α,β-unsaturated/α-hetero) is 1. The van der Waals surface area contributed by atoms with E-state index in [0.717, 1.165) is 101 Å². The molecule has 5 aliphatic rings. The van der Waals surface area contributed by atoms with Gasteiger partial charge in [-0.05, 0) is 121 Å². The number of aromatic nitrogens is 1. The number of rotatable bonds is 9. The van der Waals surface area contributed by atoms with Crippen molar-refractivity contribution in [3.8, 4) is 6.07 Å². The number of carbonyl (C=O) groups is 4. The first-order valence-electron chi connectivity index (χ1n) is 21.6. The van der Waals surface area contributed by atoms with Crippen LogP contribution >= 0.6 is 0 Å². The second kappa shape index (κ2) is 20.5. The van der Waals surface area contributed by atoms with Gasteiger partial charge < -0.3 is 24.5 Å². The maximum atomic E-state index is 14.1. The maximum absolute atomic E-state index is 14.1. The molecule has 324 valence electrons. The lowest BCUT2D eigenvalue weighted by Crippen LogP contribution is -2.61. The molecule has 0 amide bonds. The Balaban J connectivity index is 0.00000108. The third-order valence-corrected chi connectivity index (χ3v) is 14.8. The van der Waals surface area contributed by atoms with Crippen LogP contribution in [0.15, 0.2) is 42.1 Å². The summed E-state index contributed by atoms with van der Waals surface area (Å²) in [6.07, 6.45) is 14.8. The Morgan fingerprint density at radius 1 is 1.05 bits per heavy atom. The van der Waals surface area contributed by atoms with Gasteiger partial charge in [-0.1, -0.05) is 66.6 Å². The molecule has 0 spiro atoms. The minimum Gasteiger partial charge on any atom is -0.462 e. The van der Waals surface area contributed by atoms with Crippen molar-refractivity contribution in [2.45, 2.75) is 139 Å². The summed E-state index contributed by atoms with van der Waals surface area (Å²) in [5.74, 6) is 2.30. The lowest BCUT2D eigenvalue weighted by Gasteiger charge is -2.67. The number of fused-ring (bicyclic) bond motifs is 7. The fraction of sp³-hybridized carbons (Fsp3) is 0.673. The number of pyridine rings is 1. The van der Waals surface area contributed by atoms with Gasteiger partial charge in [0, 0.05) is 51.7 Å². The number of nitriles is 1. The first kappa shape index (κ1) is 49.3. The zero-order chi connectivity index (χ0) is 44.5. The number of aliphatic hydroxyl groups is 2. The molecule has 4 fully saturated rings. The zero-order valence-electron chi connectivity index (χ0n) is 37.8. The molecule has 6 rings (SSSR count). The molecule has 9 unspecified atom stereocenters. The summed E-state index contributed by atoms with van der Waals surface area (Å²) < 4.78 is 11.3. The van der Waals surface area contributed by atoms with Crippen LogP contribution in [-0.4, -0.2) is 71.3 Å². The van der Waals surface area contributed by atoms with E-state index in [4.69, 9.17) is 19.6 Å². The third-order valence-electron chi connectivity index (χ3n) is 14.8. The van der Waals surface area contributed by atoms with Crippen LogP contribution in [0.4, 0.5) is 0 Å². The summed E-state index contributed by atoms with van der Waals surface area (Å²) in [7, 11) is 2.00. The highest BCUT2D eigenvalue weighted by atomic mass is 16.5. The van der Waals surface area contributed by atoms with Crippen LogP contribution in [0.5, 0.6) is 0 Å². The number of allylic oxidation sites excluding steroid dienone is 3. The second-order valence-corrected chi connectivity index (χ2v) is 18.8. The van der Waals surface area contributed by atoms with Gasteiger partial charge in [0.25, 0.3) is 0 Å². The van der Waals surface area contributed by atoms with Crippen molar-refractivity contribution in [1.82, 2.24) is 9.65 Å². The van der Waals surface area contributed by atoms with Gasteiger partial charge in [-0.2, -0.15) is 5.26 Å². The molecule has 0 aliphatic heterocycles. The van der Waals surface area contributed by atoms with Crippen LogP contribution in [-0.2, 0) is 23.9 Å². The lowest BCUT2D eigenvalue weighted by atomic mass is 9.38. The average molecular weight is 815 g/mol. The van der Waals surface area contributed by atoms with Crippen molar-refractivity contribution in [2.24, 2.45) is 57.2 Å². The minimum absolute atomic E-state index is 0.103. The summed E-state index contributed by atoms with van der Waals surface area (Å²) in [4.78, 5) is 51.9. The van der Waals surface area contributed by atoms with Crippen LogP contribution in [0.3, 0.4) is 0 Å². The largest absolute Gasteiger partial charge is 0.462 e. The minimum atomic E-state index is -0.709. The van der Waals surface area contributed by atoms with E-state index in [9.17, 15) is 24.4 Å². The standard InChI is InChI=1S/C44H58N3O4.C3H6O.2CH4O/c1-10-37(47-28(5)29-11-12-30(23-45)46-24-29)44-20-16-33-31(40(44)39(26(2)3)34(49)21-44)13-14-36-42(8)19-17-35(51-38(50)22-41(6,7)25-48)27(4)32(42)15-18-43(33,36)9;1-2-3-4;2*1-2/h10-12,24-27,31-33,35-36H,1,13-22H2,2-9H3;3H,2H2,1H3;2*2H,1H3/q+1;;;. The fourth-order valence-corrected chi connectivity index (χ4v) is 12.3. The van der Waals surface area contributed by atoms with E-state index in [0.29, 0.717) is 42.2 Å². The summed E-state index contributed by atoms with van der Waals surface area (Å²) >= 11 is 0. The number of ether oxygens (including phenoxy) is 1. The van der Waals surface area contributed by atoms with Crippen LogP contribution in [0.25, 0.3) is 0 Å². The average Bonchev–Trinajstić information content (AvgIpc) is 3.55. The maximum Gasteiger partial charge on any atom is 0.314 e. The Labute approximate surface area is 353 Å². The van der Waals surface area contributed by atoms with Crippen LogP contribution in [0, 0.1) is 68.5 Å². The van der Waals surface area contributed by atoms with Crippen molar-refractivity contribution >= 4 is 35.7 Å². The summed E-state index contributed by atoms with van der Waals surface area (Å²) in [6, 6.07) is 5.70. The van der Waals surface area contributed by atoms with Gasteiger partial charge in [0.05, 0.1) is 12.0 Å². The van der Waals surface area contributed by atoms with E-state index in [1.807, 2.05) is 26.0 Å². The summed E-state index contributed by atoms with van der Waals surface area (Å²) in [6.45, 7) is 23.4. The van der Waals surface area contributed by atoms with Gasteiger partial charge in [0.1, 0.15) is 35.9 Å². The molecule has 0 bridgehead atoms. The third kappa shape index (κ3) is 9.64. The number of aliphatic hydroxyl groups excluding tert-OH is 2. The van der Waals surface area contributed by atoms with Crippen LogP contribution < -0.4 is 4.67 Å². The molecule has 0 radical (unpaired) electrons. The topological polar surface area (TPSA) is 169 Å². The summed E-state index contributed by atoms with van der Waals surface area (Å²) in [5.41, 5.74) is 4.49. The number of nitrogens with zero attached hydrogens (tertiary/aromatic N) is 3. The number of hydrogen-bond donors (Lipinski definition) is 2. The molecule has 1 aromatic heterocycles. The van der Waals surface area contributed by atoms with Gasteiger partial charge >= 0.3 is 17.4 Å². The smallest absolute Gasteiger partial charge is 0.314 e. The van der Waals surface area contributed by atoms with E-state index in [-0.39, 0.29) is 46.9 Å². The Hall–Kier alpha value is -4.03. The fourth-order valence-electron chi connectivity index (χ4n) is 12.3. The van der Waals surface area contributed by atoms with Crippen LogP contribution in [0.2, 0.25) is 0 Å². The SMILES string of the molecule is C=CC(=[N+]=C(C)c1ccc(C#N)nc1)C12CCC3C(CCC4C3(C)CCC3C(C)C(OC(=O)CC(C)(C)C=O)CCC34C)C1=C(C(C)C)C(=O)C2.CCC=O.CO.CO. The highest BCUT2D eigenvalue weighted by Crippen LogP contribution is 2.71. The number of aldehydes is 2. The predicted octanol–water partition coefficient (Wildman–Crippen LogP) is 8.00. The Kier molecular flexibility index (Phi) is 17.1. The highest BCUT2D eigenvalue weighted by molar-refractivity contribution is 6.13. The predicted molar refractivity (Wildman–Crippen MR) is 233 cm³/mol. The molecule has 5 aliphatic carbocycles. The first-order valence-corrected chi connectivity index (χ1v) is 21.6. The second-order valence-electron chi connectivity index (χ2n) is 18.8. The molecular weight excluding hydrogens is 743 g/mol. The molecule has 0 saturated heterocycles. The van der Waals surface area contributed by atoms with E-state index in [2.05, 4.69) is 52.3 Å². The number of carbonyl (C=O) groups excluding carboxylic acids is 4. The van der Waals surface area contributed by atoms with Gasteiger partial charge in [0.15, 0.2) is 5.78 Å². The van der Waals surface area contributed by atoms with Crippen molar-refractivity contribution < 1.29 is 34.1 Å². The quantitative estimate of drug-likeness (QED) is 0.109. The Bertz CT molecular complexity index is 1830. The normalized spacial score (nSPS) is 31.5. The van der Waals surface area contributed by atoms with E-state index in [1.54, 1.807) is 26.1 Å². The molecule has 10 heteroatoms. The van der Waals surface area contributed by atoms with E-state index >= 15 is 0 Å². The zero-order valence-corrected chi connectivity index (χ0v) is 37.8. The monoisotopic (exact) mass is 815 g/mol. The molecular formula is C49H72N3O7+. The molecule has 4 saturated carbocycles. The van der Waals surface area contributed by atoms with Gasteiger partial charge in [-0.15, -0.1) is 0 Å². The van der Waals surface area contributed by atoms with E-state index in [1.165, 1.54) is 5.57 Å². The Morgan fingerprint density at radius 2 is 1.66 bits per heavy atom. The van der Waals surface area contributed by atoms with Crippen molar-refractivity contribution in [3.05, 3.63) is 53.4 Å². The van der Waals surface area contributed by atoms with Crippen molar-refractivity contribution in [3.63, 3.8) is 0 Å². The molecule has 10 nitrogen and oxygen atoms in total. The highest BCUT2D eigenvalue weighted by Gasteiger charge is 2.66. The molecule has 0 aromatic carbocycles. The number of ketones is 1. The number of esters is 1. The van der Waals surface area contributed by atoms with Gasteiger partial charge in [-0.3, -0.25) is 9.59 Å². The lowest BCUT2D eigenvalue weighted by molar-refractivity contribution is -0.190. The van der Waals surface area contributed by atoms with Gasteiger partial charge in [-0.25, -0.2) is 4.98 Å². The molecule has 1 aromatic rings. The number of hydrogen-bond acceptors (Lipinski definition) is 9. The van der Waals surface area contributed by atoms with E-state index < -0.39 is 10.8 Å². The first-order chi connectivity index (χ1) is 28.0. The summed E-state index contributed by atoms with van der Waals surface area (Å²) in [5, 5.41) is 23.2. The van der Waals surface area contributed by atoms with Crippen molar-refractivity contribution in [2.75, 3.05) is 14.2 Å². The van der Waals surface area contributed by atoms with Crippen LogP contribution in [0.1, 0.15) is 144 Å². The molecule has 59 heavy (non-hydrogen) atoms. The molecule has 2 N–H and O–H groups in total. The van der Waals surface area contributed by atoms with Crippen molar-refractivity contribution in [1.29, 1.82) is 5.26 Å². The molecule has 9 atom stereocenters. The Morgan fingerprint density at radius 3 is 2.20 bits per heavy atom.